The first-order chi connectivity index (χ1) is 10.5. The SMILES string of the molecule is CC(C)(C)c1cc(F)cc(CC(C)(C)c2ccc(Cl)c(Cl)c2)c1. The van der Waals surface area contributed by atoms with E-state index in [0.717, 1.165) is 23.1 Å². The summed E-state index contributed by atoms with van der Waals surface area (Å²) in [7, 11) is 0. The van der Waals surface area contributed by atoms with Crippen LogP contribution in [0, 0.1) is 5.82 Å². The molecule has 0 aliphatic heterocycles. The molecule has 0 spiro atoms. The molecule has 0 fully saturated rings. The summed E-state index contributed by atoms with van der Waals surface area (Å²) in [6.07, 6.45) is 0.728. The van der Waals surface area contributed by atoms with Crippen LogP contribution in [0.1, 0.15) is 51.3 Å². The van der Waals surface area contributed by atoms with Crippen LogP contribution >= 0.6 is 23.2 Å². The molecule has 23 heavy (non-hydrogen) atoms. The van der Waals surface area contributed by atoms with Gasteiger partial charge in [0, 0.05) is 0 Å². The zero-order valence-electron chi connectivity index (χ0n) is 14.3. The maximum Gasteiger partial charge on any atom is 0.123 e. The lowest BCUT2D eigenvalue weighted by Gasteiger charge is -2.27. The van der Waals surface area contributed by atoms with Gasteiger partial charge < -0.3 is 0 Å². The van der Waals surface area contributed by atoms with Crippen LogP contribution in [0.4, 0.5) is 4.39 Å². The van der Waals surface area contributed by atoms with Crippen LogP contribution in [-0.4, -0.2) is 0 Å². The minimum atomic E-state index is -0.183. The minimum absolute atomic E-state index is 0.0788. The third kappa shape index (κ3) is 4.49. The monoisotopic (exact) mass is 352 g/mol. The fourth-order valence-corrected chi connectivity index (χ4v) is 3.01. The van der Waals surface area contributed by atoms with Gasteiger partial charge in [-0.1, -0.05) is 70.0 Å². The van der Waals surface area contributed by atoms with E-state index in [1.165, 1.54) is 0 Å². The predicted octanol–water partition coefficient (Wildman–Crippen LogP) is 6.95. The number of hydrogen-bond donors (Lipinski definition) is 0. The molecule has 0 saturated carbocycles. The summed E-state index contributed by atoms with van der Waals surface area (Å²) < 4.78 is 14.0. The van der Waals surface area contributed by atoms with E-state index in [4.69, 9.17) is 23.2 Å². The number of halogens is 3. The first-order valence-corrected chi connectivity index (χ1v) is 8.50. The lowest BCUT2D eigenvalue weighted by atomic mass is 9.78. The molecule has 0 amide bonds. The van der Waals surface area contributed by atoms with Crippen LogP contribution in [0.2, 0.25) is 10.0 Å². The summed E-state index contributed by atoms with van der Waals surface area (Å²) in [5.74, 6) is -0.183. The maximum absolute atomic E-state index is 14.0. The van der Waals surface area contributed by atoms with Gasteiger partial charge in [0.1, 0.15) is 5.82 Å². The Balaban J connectivity index is 2.36. The molecule has 0 bridgehead atoms. The van der Waals surface area contributed by atoms with Gasteiger partial charge in [-0.2, -0.15) is 0 Å². The second-order valence-corrected chi connectivity index (χ2v) is 8.60. The van der Waals surface area contributed by atoms with Gasteiger partial charge in [0.25, 0.3) is 0 Å². The van der Waals surface area contributed by atoms with E-state index in [1.54, 1.807) is 12.1 Å². The van der Waals surface area contributed by atoms with Crippen molar-refractivity contribution >= 4 is 23.2 Å². The van der Waals surface area contributed by atoms with Crippen molar-refractivity contribution in [1.82, 2.24) is 0 Å². The Kier molecular flexibility index (Phi) is 5.13. The molecule has 0 aliphatic carbocycles. The van der Waals surface area contributed by atoms with E-state index in [1.807, 2.05) is 18.2 Å². The second kappa shape index (κ2) is 6.45. The quantitative estimate of drug-likeness (QED) is 0.560. The zero-order valence-corrected chi connectivity index (χ0v) is 15.8. The van der Waals surface area contributed by atoms with Gasteiger partial charge in [0.2, 0.25) is 0 Å². The Morgan fingerprint density at radius 3 is 2.04 bits per heavy atom. The zero-order chi connectivity index (χ0) is 17.4. The van der Waals surface area contributed by atoms with Crippen molar-refractivity contribution in [2.45, 2.75) is 51.9 Å². The van der Waals surface area contributed by atoms with E-state index in [-0.39, 0.29) is 16.6 Å². The van der Waals surface area contributed by atoms with Crippen molar-refractivity contribution in [2.75, 3.05) is 0 Å². The normalized spacial score (nSPS) is 12.5. The Morgan fingerprint density at radius 2 is 1.48 bits per heavy atom. The smallest absolute Gasteiger partial charge is 0.123 e. The molecular weight excluding hydrogens is 330 g/mol. The second-order valence-electron chi connectivity index (χ2n) is 7.79. The Bertz CT molecular complexity index is 712. The van der Waals surface area contributed by atoms with E-state index >= 15 is 0 Å². The third-order valence-corrected chi connectivity index (χ3v) is 4.91. The maximum atomic E-state index is 14.0. The molecule has 3 heteroatoms. The summed E-state index contributed by atoms with van der Waals surface area (Å²) in [4.78, 5) is 0. The molecular formula is C20H23Cl2F. The molecule has 0 saturated heterocycles. The van der Waals surface area contributed by atoms with Crippen molar-refractivity contribution in [3.63, 3.8) is 0 Å². The van der Waals surface area contributed by atoms with Crippen LogP contribution < -0.4 is 0 Å². The van der Waals surface area contributed by atoms with Crippen molar-refractivity contribution in [1.29, 1.82) is 0 Å². The molecule has 2 aromatic rings. The van der Waals surface area contributed by atoms with E-state index < -0.39 is 0 Å². The summed E-state index contributed by atoms with van der Waals surface area (Å²) in [6.45, 7) is 10.5. The largest absolute Gasteiger partial charge is 0.207 e. The van der Waals surface area contributed by atoms with Crippen molar-refractivity contribution < 1.29 is 4.39 Å². The molecule has 124 valence electrons. The van der Waals surface area contributed by atoms with E-state index in [2.05, 4.69) is 40.7 Å². The van der Waals surface area contributed by atoms with Crippen LogP contribution in [0.15, 0.2) is 36.4 Å². The Hall–Kier alpha value is -1.05. The van der Waals surface area contributed by atoms with Gasteiger partial charge in [0.05, 0.1) is 10.0 Å². The Labute approximate surface area is 148 Å². The fourth-order valence-electron chi connectivity index (χ4n) is 2.71. The van der Waals surface area contributed by atoms with Crippen LogP contribution in [0.25, 0.3) is 0 Å². The van der Waals surface area contributed by atoms with Gasteiger partial charge in [-0.25, -0.2) is 4.39 Å². The van der Waals surface area contributed by atoms with E-state index in [9.17, 15) is 4.39 Å². The van der Waals surface area contributed by atoms with Crippen LogP contribution in [-0.2, 0) is 17.3 Å². The minimum Gasteiger partial charge on any atom is -0.207 e. The van der Waals surface area contributed by atoms with Gasteiger partial charge in [-0.3, -0.25) is 0 Å². The fraction of sp³-hybridized carbons (Fsp3) is 0.400. The lowest BCUT2D eigenvalue weighted by molar-refractivity contribution is 0.515. The molecule has 2 aromatic carbocycles. The van der Waals surface area contributed by atoms with Crippen LogP contribution in [0.3, 0.4) is 0 Å². The van der Waals surface area contributed by atoms with Gasteiger partial charge >= 0.3 is 0 Å². The molecule has 0 heterocycles. The molecule has 0 unspecified atom stereocenters. The van der Waals surface area contributed by atoms with Crippen molar-refractivity contribution in [3.05, 3.63) is 69.0 Å². The highest BCUT2D eigenvalue weighted by Crippen LogP contribution is 2.33. The molecule has 2 rings (SSSR count). The molecule has 0 nitrogen and oxygen atoms in total. The van der Waals surface area contributed by atoms with Gasteiger partial charge in [-0.05, 0) is 58.2 Å². The first-order valence-electron chi connectivity index (χ1n) is 7.74. The molecule has 0 atom stereocenters. The average Bonchev–Trinajstić information content (AvgIpc) is 2.39. The third-order valence-electron chi connectivity index (χ3n) is 4.17. The summed E-state index contributed by atoms with van der Waals surface area (Å²) in [5.41, 5.74) is 2.85. The standard InChI is InChI=1S/C20H23Cl2F/c1-19(2,3)15-8-13(9-16(23)10-15)12-20(4,5)14-6-7-17(21)18(22)11-14/h6-11H,12H2,1-5H3. The lowest BCUT2D eigenvalue weighted by Crippen LogP contribution is -2.21. The number of benzene rings is 2. The van der Waals surface area contributed by atoms with Gasteiger partial charge in [0.15, 0.2) is 0 Å². The topological polar surface area (TPSA) is 0 Å². The summed E-state index contributed by atoms with van der Waals surface area (Å²) >= 11 is 12.1. The summed E-state index contributed by atoms with van der Waals surface area (Å²) in [5, 5.41) is 1.10. The highest BCUT2D eigenvalue weighted by molar-refractivity contribution is 6.42. The molecule has 0 aromatic heterocycles. The Morgan fingerprint density at radius 1 is 0.826 bits per heavy atom. The number of rotatable bonds is 3. The van der Waals surface area contributed by atoms with Crippen molar-refractivity contribution in [3.8, 4) is 0 Å². The molecule has 0 radical (unpaired) electrons. The van der Waals surface area contributed by atoms with E-state index in [0.29, 0.717) is 10.0 Å². The van der Waals surface area contributed by atoms with Crippen molar-refractivity contribution in [2.24, 2.45) is 0 Å². The highest BCUT2D eigenvalue weighted by atomic mass is 35.5. The average molecular weight is 353 g/mol. The summed E-state index contributed by atoms with van der Waals surface area (Å²) in [6, 6.07) is 11.0. The predicted molar refractivity (Wildman–Crippen MR) is 98.3 cm³/mol. The van der Waals surface area contributed by atoms with Gasteiger partial charge in [-0.15, -0.1) is 0 Å². The highest BCUT2D eigenvalue weighted by Gasteiger charge is 2.24. The first kappa shape index (κ1) is 18.3. The number of hydrogen-bond acceptors (Lipinski definition) is 0. The van der Waals surface area contributed by atoms with Crippen LogP contribution in [0.5, 0.6) is 0 Å². The molecule has 0 N–H and O–H groups in total. The molecule has 0 aliphatic rings.